The van der Waals surface area contributed by atoms with Crippen molar-refractivity contribution in [3.63, 3.8) is 0 Å². The van der Waals surface area contributed by atoms with Crippen molar-refractivity contribution in [2.24, 2.45) is 0 Å². The van der Waals surface area contributed by atoms with E-state index in [2.05, 4.69) is 31.0 Å². The lowest BCUT2D eigenvalue weighted by atomic mass is 10.2. The highest BCUT2D eigenvalue weighted by atomic mass is 32.1. The van der Waals surface area contributed by atoms with E-state index >= 15 is 0 Å². The molecule has 3 heterocycles. The largest absolute Gasteiger partial charge is 0.486 e. The lowest BCUT2D eigenvalue weighted by Crippen LogP contribution is -2.39. The number of hydrogen-bond acceptors (Lipinski definition) is 6. The number of oxazole rings is 1. The fourth-order valence-electron chi connectivity index (χ4n) is 3.05. The molecule has 1 aromatic carbocycles. The van der Waals surface area contributed by atoms with E-state index in [0.717, 1.165) is 34.4 Å². The first-order chi connectivity index (χ1) is 12.6. The Morgan fingerprint density at radius 3 is 2.73 bits per heavy atom. The first-order valence-corrected chi connectivity index (χ1v) is 9.50. The summed E-state index contributed by atoms with van der Waals surface area (Å²) in [6.07, 6.45) is 0.00141. The summed E-state index contributed by atoms with van der Waals surface area (Å²) >= 11 is 1.70. The molecule has 0 amide bonds. The Labute approximate surface area is 157 Å². The van der Waals surface area contributed by atoms with Crippen LogP contribution >= 0.6 is 11.3 Å². The summed E-state index contributed by atoms with van der Waals surface area (Å²) in [6, 6.07) is 11.9. The monoisotopic (exact) mass is 370 g/mol. The molecule has 5 nitrogen and oxygen atoms in total. The molecule has 1 aliphatic rings. The Balaban J connectivity index is 1.39. The predicted molar refractivity (Wildman–Crippen MR) is 102 cm³/mol. The summed E-state index contributed by atoms with van der Waals surface area (Å²) in [6.45, 7) is 6.08. The molecule has 26 heavy (non-hydrogen) atoms. The highest BCUT2D eigenvalue weighted by Gasteiger charge is 2.23. The Hall–Kier alpha value is -2.31. The number of aromatic nitrogens is 1. The molecule has 4 rings (SSSR count). The summed E-state index contributed by atoms with van der Waals surface area (Å²) in [4.78, 5) is 9.21. The van der Waals surface area contributed by atoms with E-state index in [1.54, 1.807) is 11.3 Å². The molecular weight excluding hydrogens is 348 g/mol. The van der Waals surface area contributed by atoms with Gasteiger partial charge in [-0.15, -0.1) is 11.3 Å². The molecule has 1 atom stereocenters. The number of ether oxygens (including phenoxy) is 2. The maximum Gasteiger partial charge on any atom is 0.236 e. The minimum Gasteiger partial charge on any atom is -0.486 e. The van der Waals surface area contributed by atoms with Crippen molar-refractivity contribution in [3.05, 3.63) is 52.7 Å². The van der Waals surface area contributed by atoms with Gasteiger partial charge in [0.25, 0.3) is 0 Å². The van der Waals surface area contributed by atoms with E-state index < -0.39 is 0 Å². The van der Waals surface area contributed by atoms with Crippen LogP contribution in [0.15, 0.2) is 40.8 Å². The number of para-hydroxylation sites is 2. The number of hydrogen-bond donors (Lipinski definition) is 0. The van der Waals surface area contributed by atoms with Gasteiger partial charge in [-0.05, 0) is 45.2 Å². The zero-order valence-electron chi connectivity index (χ0n) is 15.2. The van der Waals surface area contributed by atoms with Crippen LogP contribution in [0.3, 0.4) is 0 Å². The molecule has 0 aliphatic carbocycles. The molecule has 0 N–H and O–H groups in total. The number of thiophene rings is 1. The van der Waals surface area contributed by atoms with Crippen LogP contribution in [0.5, 0.6) is 11.5 Å². The molecule has 0 bridgehead atoms. The Bertz CT molecular complexity index is 902. The van der Waals surface area contributed by atoms with Gasteiger partial charge in [0.2, 0.25) is 5.89 Å². The van der Waals surface area contributed by atoms with E-state index in [-0.39, 0.29) is 6.10 Å². The summed E-state index contributed by atoms with van der Waals surface area (Å²) in [5, 5.41) is 0. The van der Waals surface area contributed by atoms with Crippen LogP contribution < -0.4 is 9.47 Å². The highest BCUT2D eigenvalue weighted by Crippen LogP contribution is 2.31. The van der Waals surface area contributed by atoms with Gasteiger partial charge >= 0.3 is 0 Å². The van der Waals surface area contributed by atoms with Crippen LogP contribution in [0.4, 0.5) is 0 Å². The van der Waals surface area contributed by atoms with Gasteiger partial charge in [0.1, 0.15) is 18.5 Å². The second kappa shape index (κ2) is 7.13. The zero-order chi connectivity index (χ0) is 18.1. The van der Waals surface area contributed by atoms with E-state index in [4.69, 9.17) is 18.9 Å². The lowest BCUT2D eigenvalue weighted by molar-refractivity contribution is 0.0634. The van der Waals surface area contributed by atoms with Crippen molar-refractivity contribution in [1.82, 2.24) is 9.88 Å². The average molecular weight is 370 g/mol. The summed E-state index contributed by atoms with van der Waals surface area (Å²) in [7, 11) is 2.06. The summed E-state index contributed by atoms with van der Waals surface area (Å²) in [5.41, 5.74) is 0.964. The van der Waals surface area contributed by atoms with E-state index in [1.807, 2.05) is 31.2 Å². The van der Waals surface area contributed by atoms with Crippen molar-refractivity contribution < 1.29 is 13.9 Å². The Morgan fingerprint density at radius 2 is 1.96 bits per heavy atom. The number of likely N-dealkylation sites (N-methyl/N-ethyl adjacent to an activating group) is 1. The number of benzene rings is 1. The van der Waals surface area contributed by atoms with Crippen LogP contribution in [0.1, 0.15) is 16.3 Å². The molecular formula is C20H22N2O3S. The van der Waals surface area contributed by atoms with Crippen molar-refractivity contribution in [3.8, 4) is 22.3 Å². The first kappa shape index (κ1) is 17.1. The quantitative estimate of drug-likeness (QED) is 0.670. The smallest absolute Gasteiger partial charge is 0.236 e. The van der Waals surface area contributed by atoms with Crippen LogP contribution in [0.2, 0.25) is 0 Å². The number of aryl methyl sites for hydroxylation is 2. The van der Waals surface area contributed by atoms with Gasteiger partial charge in [-0.2, -0.15) is 0 Å². The summed E-state index contributed by atoms with van der Waals surface area (Å²) < 4.78 is 17.7. The SMILES string of the molecule is Cc1ccc(-c2nc(CN(C)CC3COc4ccccc4O3)c(C)o2)s1. The maximum absolute atomic E-state index is 6.04. The maximum atomic E-state index is 6.04. The molecule has 2 aromatic heterocycles. The molecule has 0 radical (unpaired) electrons. The van der Waals surface area contributed by atoms with Gasteiger partial charge in [0.15, 0.2) is 11.5 Å². The Morgan fingerprint density at radius 1 is 1.15 bits per heavy atom. The second-order valence-corrected chi connectivity index (χ2v) is 7.91. The molecule has 0 saturated heterocycles. The minimum atomic E-state index is 0.00141. The van der Waals surface area contributed by atoms with Crippen LogP contribution in [-0.4, -0.2) is 36.2 Å². The van der Waals surface area contributed by atoms with Gasteiger partial charge in [-0.1, -0.05) is 12.1 Å². The number of rotatable bonds is 5. The highest BCUT2D eigenvalue weighted by molar-refractivity contribution is 7.15. The van der Waals surface area contributed by atoms with E-state index in [0.29, 0.717) is 19.0 Å². The van der Waals surface area contributed by atoms with Gasteiger partial charge in [-0.25, -0.2) is 4.98 Å². The van der Waals surface area contributed by atoms with Crippen molar-refractivity contribution in [1.29, 1.82) is 0 Å². The molecule has 0 saturated carbocycles. The van der Waals surface area contributed by atoms with Crippen molar-refractivity contribution in [2.45, 2.75) is 26.5 Å². The third kappa shape index (κ3) is 3.61. The fraction of sp³-hybridized carbons (Fsp3) is 0.350. The topological polar surface area (TPSA) is 47.7 Å². The van der Waals surface area contributed by atoms with Gasteiger partial charge in [0, 0.05) is 18.0 Å². The third-order valence-electron chi connectivity index (χ3n) is 4.35. The molecule has 0 spiro atoms. The van der Waals surface area contributed by atoms with Gasteiger partial charge in [0.05, 0.1) is 10.6 Å². The third-order valence-corrected chi connectivity index (χ3v) is 5.34. The van der Waals surface area contributed by atoms with Crippen LogP contribution in [-0.2, 0) is 6.54 Å². The molecule has 1 unspecified atom stereocenters. The molecule has 136 valence electrons. The zero-order valence-corrected chi connectivity index (χ0v) is 16.0. The molecule has 3 aromatic rings. The Kier molecular flexibility index (Phi) is 4.70. The van der Waals surface area contributed by atoms with Crippen LogP contribution in [0.25, 0.3) is 10.8 Å². The summed E-state index contributed by atoms with van der Waals surface area (Å²) in [5.74, 6) is 3.19. The van der Waals surface area contributed by atoms with E-state index in [9.17, 15) is 0 Å². The van der Waals surface area contributed by atoms with E-state index in [1.165, 1.54) is 4.88 Å². The minimum absolute atomic E-state index is 0.00141. The second-order valence-electron chi connectivity index (χ2n) is 6.63. The van der Waals surface area contributed by atoms with Crippen molar-refractivity contribution >= 4 is 11.3 Å². The fourth-order valence-corrected chi connectivity index (χ4v) is 3.84. The molecule has 1 aliphatic heterocycles. The van der Waals surface area contributed by atoms with Gasteiger partial charge < -0.3 is 13.9 Å². The number of nitrogens with zero attached hydrogens (tertiary/aromatic N) is 2. The average Bonchev–Trinajstić information content (AvgIpc) is 3.21. The van der Waals surface area contributed by atoms with Gasteiger partial charge in [-0.3, -0.25) is 4.90 Å². The molecule has 0 fully saturated rings. The normalized spacial score (nSPS) is 16.2. The number of fused-ring (bicyclic) bond motifs is 1. The predicted octanol–water partition coefficient (Wildman–Crippen LogP) is 4.29. The lowest BCUT2D eigenvalue weighted by Gasteiger charge is -2.29. The standard InChI is InChI=1S/C20H22N2O3S/c1-13-8-9-19(26-13)20-21-16(14(2)24-20)11-22(3)10-15-12-23-17-6-4-5-7-18(17)25-15/h4-9,15H,10-12H2,1-3H3. The van der Waals surface area contributed by atoms with Crippen LogP contribution in [0, 0.1) is 13.8 Å². The molecule has 6 heteroatoms. The first-order valence-electron chi connectivity index (χ1n) is 8.68. The van der Waals surface area contributed by atoms with Crippen molar-refractivity contribution in [2.75, 3.05) is 20.2 Å².